The van der Waals surface area contributed by atoms with Gasteiger partial charge in [-0.1, -0.05) is 6.92 Å². The predicted molar refractivity (Wildman–Crippen MR) is 101 cm³/mol. The number of fused-ring (bicyclic) bond motifs is 1. The lowest BCUT2D eigenvalue weighted by Gasteiger charge is -2.48. The van der Waals surface area contributed by atoms with E-state index in [2.05, 4.69) is 0 Å². The number of hydrogen-bond donors (Lipinski definition) is 1. The zero-order valence-electron chi connectivity index (χ0n) is 16.9. The van der Waals surface area contributed by atoms with Gasteiger partial charge in [-0.05, 0) is 35.6 Å². The molecule has 3 aliphatic rings. The number of aliphatic carboxylic acids is 1. The molecule has 1 saturated carbocycles. The van der Waals surface area contributed by atoms with E-state index in [-0.39, 0.29) is 24.7 Å². The van der Waals surface area contributed by atoms with Gasteiger partial charge in [0.25, 0.3) is 0 Å². The van der Waals surface area contributed by atoms with Crippen LogP contribution in [0.25, 0.3) is 0 Å². The molecular formula is C21H25NO7. The second kappa shape index (κ2) is 6.64. The number of carbonyl (C=O) groups excluding carboxylic acids is 2. The number of amides is 1. The molecule has 4 rings (SSSR count). The van der Waals surface area contributed by atoms with Crippen molar-refractivity contribution in [2.45, 2.75) is 37.8 Å². The van der Waals surface area contributed by atoms with Gasteiger partial charge >= 0.3 is 11.9 Å². The molecule has 1 N–H and O–H groups in total. The Balaban J connectivity index is 1.99. The number of hydrogen-bond acceptors (Lipinski definition) is 6. The van der Waals surface area contributed by atoms with E-state index in [1.165, 1.54) is 21.3 Å². The van der Waals surface area contributed by atoms with Crippen molar-refractivity contribution in [3.63, 3.8) is 0 Å². The van der Waals surface area contributed by atoms with Crippen molar-refractivity contribution < 1.29 is 33.7 Å². The van der Waals surface area contributed by atoms with Crippen LogP contribution >= 0.6 is 0 Å². The Morgan fingerprint density at radius 3 is 2.38 bits per heavy atom. The molecule has 156 valence electrons. The molecule has 8 heteroatoms. The fourth-order valence-corrected chi connectivity index (χ4v) is 5.97. The van der Waals surface area contributed by atoms with Gasteiger partial charge < -0.3 is 24.2 Å². The Morgan fingerprint density at radius 2 is 1.79 bits per heavy atom. The van der Waals surface area contributed by atoms with Gasteiger partial charge in [0, 0.05) is 18.8 Å². The molecule has 29 heavy (non-hydrogen) atoms. The molecule has 2 fully saturated rings. The molecule has 1 saturated heterocycles. The van der Waals surface area contributed by atoms with E-state index in [0.29, 0.717) is 17.9 Å². The molecular weight excluding hydrogens is 378 g/mol. The van der Waals surface area contributed by atoms with Crippen molar-refractivity contribution in [3.05, 3.63) is 23.3 Å². The first kappa shape index (κ1) is 19.5. The molecule has 1 spiro atoms. The number of carboxylic acids is 1. The first-order valence-corrected chi connectivity index (χ1v) is 9.68. The van der Waals surface area contributed by atoms with Gasteiger partial charge in [0.05, 0.1) is 32.8 Å². The minimum Gasteiger partial charge on any atom is -0.493 e. The van der Waals surface area contributed by atoms with Gasteiger partial charge in [0.1, 0.15) is 6.04 Å². The Bertz CT molecular complexity index is 897. The van der Waals surface area contributed by atoms with Gasteiger partial charge in [-0.25, -0.2) is 4.79 Å². The SMILES string of the molecule is COC(=O)[C@@H]1Cc2cc(OC)c(OC)cc2[C@@]23C[C@H](C)[C@@H](C(=O)O)C2CC(=O)N13. The highest BCUT2D eigenvalue weighted by atomic mass is 16.5. The Morgan fingerprint density at radius 1 is 1.14 bits per heavy atom. The summed E-state index contributed by atoms with van der Waals surface area (Å²) in [6.45, 7) is 1.90. The average molecular weight is 403 g/mol. The van der Waals surface area contributed by atoms with E-state index >= 15 is 0 Å². The lowest BCUT2D eigenvalue weighted by atomic mass is 9.72. The quantitative estimate of drug-likeness (QED) is 0.762. The van der Waals surface area contributed by atoms with E-state index in [9.17, 15) is 19.5 Å². The van der Waals surface area contributed by atoms with Crippen molar-refractivity contribution in [2.24, 2.45) is 17.8 Å². The molecule has 1 amide bonds. The van der Waals surface area contributed by atoms with Crippen LogP contribution in [0, 0.1) is 17.8 Å². The van der Waals surface area contributed by atoms with E-state index in [0.717, 1.165) is 11.1 Å². The molecule has 5 atom stereocenters. The molecule has 8 nitrogen and oxygen atoms in total. The van der Waals surface area contributed by atoms with E-state index < -0.39 is 35.4 Å². The van der Waals surface area contributed by atoms with Crippen molar-refractivity contribution in [1.82, 2.24) is 4.90 Å². The van der Waals surface area contributed by atoms with Gasteiger partial charge in [-0.3, -0.25) is 9.59 Å². The molecule has 1 aromatic carbocycles. The van der Waals surface area contributed by atoms with Crippen LogP contribution < -0.4 is 9.47 Å². The highest BCUT2D eigenvalue weighted by molar-refractivity contribution is 5.90. The third-order valence-corrected chi connectivity index (χ3v) is 6.95. The number of esters is 1. The minimum atomic E-state index is -0.906. The number of rotatable bonds is 4. The molecule has 0 radical (unpaired) electrons. The Kier molecular flexibility index (Phi) is 4.47. The maximum absolute atomic E-state index is 13.1. The number of benzene rings is 1. The van der Waals surface area contributed by atoms with Crippen LogP contribution in [0.3, 0.4) is 0 Å². The zero-order valence-corrected chi connectivity index (χ0v) is 16.9. The lowest BCUT2D eigenvalue weighted by Crippen LogP contribution is -2.58. The lowest BCUT2D eigenvalue weighted by molar-refractivity contribution is -0.157. The summed E-state index contributed by atoms with van der Waals surface area (Å²) < 4.78 is 15.9. The number of carbonyl (C=O) groups is 3. The maximum atomic E-state index is 13.1. The zero-order chi connectivity index (χ0) is 21.1. The molecule has 1 aliphatic carbocycles. The standard InChI is InChI=1S/C21H25NO7/c1-10-9-21-12-7-16(28-3)15(27-2)6-11(12)5-14(20(26)29-4)22(21)17(23)8-13(21)18(10)19(24)25/h6-7,10,13-14,18H,5,8-9H2,1-4H3,(H,24,25)/t10-,13?,14-,18+,21-/m0/s1. The molecule has 1 aromatic rings. The van der Waals surface area contributed by atoms with E-state index in [1.54, 1.807) is 4.90 Å². The summed E-state index contributed by atoms with van der Waals surface area (Å²) in [6, 6.07) is 2.88. The highest BCUT2D eigenvalue weighted by Gasteiger charge is 2.67. The number of ether oxygens (including phenoxy) is 3. The van der Waals surface area contributed by atoms with Crippen molar-refractivity contribution >= 4 is 17.8 Å². The van der Waals surface area contributed by atoms with Gasteiger partial charge in [-0.15, -0.1) is 0 Å². The van der Waals surface area contributed by atoms with Crippen LogP contribution in [0.5, 0.6) is 11.5 Å². The van der Waals surface area contributed by atoms with E-state index in [4.69, 9.17) is 14.2 Å². The van der Waals surface area contributed by atoms with Gasteiger partial charge in [0.15, 0.2) is 11.5 Å². The summed E-state index contributed by atoms with van der Waals surface area (Å²) in [5.41, 5.74) is 0.833. The van der Waals surface area contributed by atoms with Crippen molar-refractivity contribution in [2.75, 3.05) is 21.3 Å². The largest absolute Gasteiger partial charge is 0.493 e. The molecule has 1 unspecified atom stereocenters. The summed E-state index contributed by atoms with van der Waals surface area (Å²) in [5.74, 6) is -1.80. The summed E-state index contributed by atoms with van der Waals surface area (Å²) in [6.07, 6.45) is 0.855. The fraction of sp³-hybridized carbons (Fsp3) is 0.571. The summed E-state index contributed by atoms with van der Waals surface area (Å²) in [4.78, 5) is 39.4. The monoisotopic (exact) mass is 403 g/mol. The summed E-state index contributed by atoms with van der Waals surface area (Å²) in [5, 5.41) is 9.89. The summed E-state index contributed by atoms with van der Waals surface area (Å²) >= 11 is 0. The molecule has 0 aromatic heterocycles. The smallest absolute Gasteiger partial charge is 0.328 e. The normalized spacial score (nSPS) is 32.3. The van der Waals surface area contributed by atoms with Crippen LogP contribution in [0.1, 0.15) is 30.9 Å². The topological polar surface area (TPSA) is 102 Å². The van der Waals surface area contributed by atoms with Crippen molar-refractivity contribution in [1.29, 1.82) is 0 Å². The van der Waals surface area contributed by atoms with Crippen LogP contribution in [0.2, 0.25) is 0 Å². The first-order chi connectivity index (χ1) is 13.8. The van der Waals surface area contributed by atoms with Gasteiger partial charge in [-0.2, -0.15) is 0 Å². The van der Waals surface area contributed by atoms with Crippen LogP contribution in [-0.2, 0) is 31.1 Å². The van der Waals surface area contributed by atoms with Crippen molar-refractivity contribution in [3.8, 4) is 11.5 Å². The molecule has 0 bridgehead atoms. The second-order valence-corrected chi connectivity index (χ2v) is 8.15. The van der Waals surface area contributed by atoms with E-state index in [1.807, 2.05) is 19.1 Å². The predicted octanol–water partition coefficient (Wildman–Crippen LogP) is 1.59. The summed E-state index contributed by atoms with van der Waals surface area (Å²) in [7, 11) is 4.37. The average Bonchev–Trinajstić information content (AvgIpc) is 3.13. The molecule has 2 heterocycles. The van der Waals surface area contributed by atoms with Crippen LogP contribution in [0.4, 0.5) is 0 Å². The minimum absolute atomic E-state index is 0.0998. The highest BCUT2D eigenvalue weighted by Crippen LogP contribution is 2.62. The van der Waals surface area contributed by atoms with Gasteiger partial charge in [0.2, 0.25) is 5.91 Å². The Hall–Kier alpha value is -2.77. The number of carboxylic acid groups (broad SMARTS) is 1. The maximum Gasteiger partial charge on any atom is 0.328 e. The second-order valence-electron chi connectivity index (χ2n) is 8.15. The molecule has 2 aliphatic heterocycles. The van der Waals surface area contributed by atoms with Crippen LogP contribution in [-0.4, -0.2) is 55.2 Å². The third kappa shape index (κ3) is 2.47. The Labute approximate surface area is 168 Å². The number of nitrogens with zero attached hydrogens (tertiary/aromatic N) is 1. The number of methoxy groups -OCH3 is 3. The first-order valence-electron chi connectivity index (χ1n) is 9.68. The fourth-order valence-electron chi connectivity index (χ4n) is 5.97. The third-order valence-electron chi connectivity index (χ3n) is 6.95. The van der Waals surface area contributed by atoms with Crippen LogP contribution in [0.15, 0.2) is 12.1 Å².